The Morgan fingerprint density at radius 1 is 0.800 bits per heavy atom. The van der Waals surface area contributed by atoms with Gasteiger partial charge in [0.1, 0.15) is 0 Å². The van der Waals surface area contributed by atoms with E-state index >= 15 is 0 Å². The maximum absolute atomic E-state index is 12.3. The second-order valence-electron chi connectivity index (χ2n) is 6.82. The number of amides is 2. The number of rotatable bonds is 5. The molecule has 0 radical (unpaired) electrons. The third-order valence-corrected chi connectivity index (χ3v) is 5.01. The number of hydrogen-bond donors (Lipinski definition) is 1. The van der Waals surface area contributed by atoms with Crippen LogP contribution >= 0.6 is 0 Å². The minimum atomic E-state index is 0.117. The van der Waals surface area contributed by atoms with E-state index in [9.17, 15) is 9.59 Å². The first-order valence-corrected chi connectivity index (χ1v) is 9.29. The number of piperidine rings is 1. The molecule has 3 rings (SSSR count). The van der Waals surface area contributed by atoms with Gasteiger partial charge in [0.25, 0.3) is 0 Å². The van der Waals surface area contributed by atoms with E-state index < -0.39 is 0 Å². The summed E-state index contributed by atoms with van der Waals surface area (Å²) < 4.78 is 0. The lowest BCUT2D eigenvalue weighted by Gasteiger charge is -2.36. The largest absolute Gasteiger partial charge is 0.376 e. The molecule has 6 heteroatoms. The third-order valence-electron chi connectivity index (χ3n) is 5.01. The van der Waals surface area contributed by atoms with Gasteiger partial charge in [-0.2, -0.15) is 0 Å². The zero-order valence-electron chi connectivity index (χ0n) is 14.8. The molecule has 136 valence electrons. The summed E-state index contributed by atoms with van der Waals surface area (Å²) in [5.41, 5.74) is 0.960. The van der Waals surface area contributed by atoms with Crippen LogP contribution in [-0.4, -0.2) is 78.9 Å². The molecule has 6 nitrogen and oxygen atoms in total. The topological polar surface area (TPSA) is 55.9 Å². The molecule has 0 bridgehead atoms. The molecule has 25 heavy (non-hydrogen) atoms. The van der Waals surface area contributed by atoms with Gasteiger partial charge < -0.3 is 15.1 Å². The standard InChI is InChI=1S/C19H28N4O2/c24-18(15-20-17-7-3-1-4-8-17)23-13-11-21(12-14-23)16-19(25)22-9-5-2-6-10-22/h1,3-4,7-8,20H,2,5-6,9-16H2. The van der Waals surface area contributed by atoms with E-state index in [1.807, 2.05) is 40.1 Å². The van der Waals surface area contributed by atoms with Gasteiger partial charge in [-0.05, 0) is 31.4 Å². The number of benzene rings is 1. The maximum Gasteiger partial charge on any atom is 0.241 e. The third kappa shape index (κ3) is 5.19. The summed E-state index contributed by atoms with van der Waals surface area (Å²) in [5, 5.41) is 3.16. The summed E-state index contributed by atoms with van der Waals surface area (Å²) >= 11 is 0. The fourth-order valence-electron chi connectivity index (χ4n) is 3.44. The van der Waals surface area contributed by atoms with E-state index in [1.54, 1.807) is 0 Å². The fourth-order valence-corrected chi connectivity index (χ4v) is 3.44. The van der Waals surface area contributed by atoms with Gasteiger partial charge in [0, 0.05) is 45.0 Å². The van der Waals surface area contributed by atoms with Crippen LogP contribution in [0.4, 0.5) is 5.69 Å². The van der Waals surface area contributed by atoms with Crippen molar-refractivity contribution in [2.75, 3.05) is 57.7 Å². The Labute approximate surface area is 149 Å². The summed E-state index contributed by atoms with van der Waals surface area (Å²) in [6, 6.07) is 9.77. The Balaban J connectivity index is 1.37. The average Bonchev–Trinajstić information content (AvgIpc) is 2.68. The number of carbonyl (C=O) groups excluding carboxylic acids is 2. The molecule has 2 aliphatic heterocycles. The van der Waals surface area contributed by atoms with Gasteiger partial charge in [-0.3, -0.25) is 14.5 Å². The molecular weight excluding hydrogens is 316 g/mol. The lowest BCUT2D eigenvalue weighted by atomic mass is 10.1. The van der Waals surface area contributed by atoms with Crippen LogP contribution in [0.25, 0.3) is 0 Å². The first-order valence-electron chi connectivity index (χ1n) is 9.29. The van der Waals surface area contributed by atoms with E-state index in [2.05, 4.69) is 10.2 Å². The van der Waals surface area contributed by atoms with E-state index in [1.165, 1.54) is 6.42 Å². The normalized spacial score (nSPS) is 18.9. The molecule has 0 unspecified atom stereocenters. The van der Waals surface area contributed by atoms with Crippen LogP contribution < -0.4 is 5.32 Å². The highest BCUT2D eigenvalue weighted by molar-refractivity contribution is 5.81. The first-order chi connectivity index (χ1) is 12.2. The summed E-state index contributed by atoms with van der Waals surface area (Å²) in [5.74, 6) is 0.357. The van der Waals surface area contributed by atoms with Crippen molar-refractivity contribution in [1.82, 2.24) is 14.7 Å². The number of nitrogens with zero attached hydrogens (tertiary/aromatic N) is 3. The van der Waals surface area contributed by atoms with Gasteiger partial charge in [0.05, 0.1) is 13.1 Å². The Bertz CT molecular complexity index is 564. The molecule has 2 aliphatic rings. The molecule has 2 fully saturated rings. The molecule has 0 aromatic heterocycles. The minimum Gasteiger partial charge on any atom is -0.376 e. The van der Waals surface area contributed by atoms with Crippen LogP contribution in [0.15, 0.2) is 30.3 Å². The molecular formula is C19H28N4O2. The molecule has 2 amide bonds. The van der Waals surface area contributed by atoms with Gasteiger partial charge in [0.15, 0.2) is 0 Å². The van der Waals surface area contributed by atoms with Crippen molar-refractivity contribution in [2.45, 2.75) is 19.3 Å². The van der Waals surface area contributed by atoms with Crippen molar-refractivity contribution in [3.63, 3.8) is 0 Å². The van der Waals surface area contributed by atoms with Crippen LogP contribution in [0.2, 0.25) is 0 Å². The zero-order valence-corrected chi connectivity index (χ0v) is 14.8. The molecule has 2 heterocycles. The Morgan fingerprint density at radius 2 is 1.44 bits per heavy atom. The summed E-state index contributed by atoms with van der Waals surface area (Å²) in [4.78, 5) is 30.7. The van der Waals surface area contributed by atoms with Gasteiger partial charge in [-0.1, -0.05) is 18.2 Å². The number of anilines is 1. The van der Waals surface area contributed by atoms with Gasteiger partial charge in [-0.15, -0.1) is 0 Å². The predicted molar refractivity (Wildman–Crippen MR) is 98.4 cm³/mol. The second kappa shape index (κ2) is 8.85. The SMILES string of the molecule is O=C(CNc1ccccc1)N1CCN(CC(=O)N2CCCCC2)CC1. The zero-order chi connectivity index (χ0) is 17.5. The molecule has 1 N–H and O–H groups in total. The number of likely N-dealkylation sites (tertiary alicyclic amines) is 1. The monoisotopic (exact) mass is 344 g/mol. The van der Waals surface area contributed by atoms with E-state index in [4.69, 9.17) is 0 Å². The van der Waals surface area contributed by atoms with Crippen LogP contribution in [-0.2, 0) is 9.59 Å². The number of hydrogen-bond acceptors (Lipinski definition) is 4. The molecule has 0 aliphatic carbocycles. The molecule has 0 saturated carbocycles. The first kappa shape index (κ1) is 17.7. The van der Waals surface area contributed by atoms with Crippen molar-refractivity contribution < 1.29 is 9.59 Å². The van der Waals surface area contributed by atoms with Crippen molar-refractivity contribution in [2.24, 2.45) is 0 Å². The molecule has 0 atom stereocenters. The Hall–Kier alpha value is -2.08. The predicted octanol–water partition coefficient (Wildman–Crippen LogP) is 1.26. The molecule has 1 aromatic rings. The average molecular weight is 344 g/mol. The van der Waals surface area contributed by atoms with Crippen molar-refractivity contribution in [1.29, 1.82) is 0 Å². The van der Waals surface area contributed by atoms with Gasteiger partial charge in [-0.25, -0.2) is 0 Å². The van der Waals surface area contributed by atoms with Gasteiger partial charge >= 0.3 is 0 Å². The quantitative estimate of drug-likeness (QED) is 0.874. The molecule has 1 aromatic carbocycles. The summed E-state index contributed by atoms with van der Waals surface area (Å²) in [7, 11) is 0. The second-order valence-corrected chi connectivity index (χ2v) is 6.82. The number of carbonyl (C=O) groups is 2. The fraction of sp³-hybridized carbons (Fsp3) is 0.579. The van der Waals surface area contributed by atoms with E-state index in [0.717, 1.165) is 44.7 Å². The summed E-state index contributed by atoms with van der Waals surface area (Å²) in [6.45, 7) is 5.56. The number of para-hydroxylation sites is 1. The lowest BCUT2D eigenvalue weighted by molar-refractivity contribution is -0.135. The van der Waals surface area contributed by atoms with E-state index in [0.29, 0.717) is 26.2 Å². The highest BCUT2D eigenvalue weighted by Gasteiger charge is 2.24. The number of piperazine rings is 1. The molecule has 2 saturated heterocycles. The lowest BCUT2D eigenvalue weighted by Crippen LogP contribution is -2.52. The Morgan fingerprint density at radius 3 is 2.12 bits per heavy atom. The number of nitrogens with one attached hydrogen (secondary N) is 1. The van der Waals surface area contributed by atoms with Crippen LogP contribution in [0.3, 0.4) is 0 Å². The molecule has 0 spiro atoms. The highest BCUT2D eigenvalue weighted by Crippen LogP contribution is 2.10. The summed E-state index contributed by atoms with van der Waals surface area (Å²) in [6.07, 6.45) is 3.49. The Kier molecular flexibility index (Phi) is 6.28. The van der Waals surface area contributed by atoms with Crippen molar-refractivity contribution in [3.05, 3.63) is 30.3 Å². The maximum atomic E-state index is 12.3. The van der Waals surface area contributed by atoms with E-state index in [-0.39, 0.29) is 11.8 Å². The highest BCUT2D eigenvalue weighted by atomic mass is 16.2. The smallest absolute Gasteiger partial charge is 0.241 e. The van der Waals surface area contributed by atoms with Crippen molar-refractivity contribution in [3.8, 4) is 0 Å². The minimum absolute atomic E-state index is 0.117. The van der Waals surface area contributed by atoms with Crippen LogP contribution in [0.1, 0.15) is 19.3 Å². The van der Waals surface area contributed by atoms with Crippen LogP contribution in [0, 0.1) is 0 Å². The van der Waals surface area contributed by atoms with Crippen LogP contribution in [0.5, 0.6) is 0 Å². The van der Waals surface area contributed by atoms with Crippen molar-refractivity contribution >= 4 is 17.5 Å². The van der Waals surface area contributed by atoms with Gasteiger partial charge in [0.2, 0.25) is 11.8 Å².